The molecule has 5 aliphatic rings. The number of hydrogen-bond acceptors (Lipinski definition) is 1. The smallest absolute Gasteiger partial charge is 0.136 e. The SMILES string of the molecule is C[C@@H]1C(=O)CC[C@@]23CC4C(C[C@@]12C)[C@@]4(C)C3. The van der Waals surface area contributed by atoms with E-state index in [0.717, 1.165) is 18.3 Å². The average Bonchev–Trinajstić information content (AvgIpc) is 2.66. The lowest BCUT2D eigenvalue weighted by molar-refractivity contribution is -0.150. The number of carbonyl (C=O) groups excluding carboxylic acids is 1. The molecule has 2 unspecified atom stereocenters. The van der Waals surface area contributed by atoms with Crippen molar-refractivity contribution in [1.29, 1.82) is 0 Å². The van der Waals surface area contributed by atoms with E-state index in [2.05, 4.69) is 20.8 Å². The normalized spacial score (nSPS) is 66.7. The van der Waals surface area contributed by atoms with Crippen molar-refractivity contribution in [2.24, 2.45) is 34.0 Å². The van der Waals surface area contributed by atoms with Crippen LogP contribution < -0.4 is 0 Å². The first kappa shape index (κ1) is 9.67. The van der Waals surface area contributed by atoms with Gasteiger partial charge in [0, 0.05) is 12.3 Å². The van der Waals surface area contributed by atoms with Crippen LogP contribution in [0.5, 0.6) is 0 Å². The lowest BCUT2D eigenvalue weighted by Crippen LogP contribution is -2.54. The van der Waals surface area contributed by atoms with E-state index in [1.807, 2.05) is 0 Å². The molecule has 0 aliphatic heterocycles. The maximum absolute atomic E-state index is 12.0. The third kappa shape index (κ3) is 0.734. The van der Waals surface area contributed by atoms with Gasteiger partial charge in [-0.1, -0.05) is 20.8 Å². The highest BCUT2D eigenvalue weighted by Crippen LogP contribution is 2.85. The predicted octanol–water partition coefficient (Wildman–Crippen LogP) is 3.43. The molecule has 88 valence electrons. The van der Waals surface area contributed by atoms with Crippen molar-refractivity contribution in [2.75, 3.05) is 0 Å². The van der Waals surface area contributed by atoms with Gasteiger partial charge in [0.05, 0.1) is 0 Å². The van der Waals surface area contributed by atoms with E-state index in [-0.39, 0.29) is 0 Å². The lowest BCUT2D eigenvalue weighted by atomic mass is 9.45. The Morgan fingerprint density at radius 2 is 1.88 bits per heavy atom. The zero-order valence-electron chi connectivity index (χ0n) is 10.7. The van der Waals surface area contributed by atoms with Gasteiger partial charge in [0.2, 0.25) is 0 Å². The van der Waals surface area contributed by atoms with Crippen LogP contribution in [0, 0.1) is 34.0 Å². The predicted molar refractivity (Wildman–Crippen MR) is 62.9 cm³/mol. The van der Waals surface area contributed by atoms with E-state index in [1.54, 1.807) is 0 Å². The van der Waals surface area contributed by atoms with E-state index >= 15 is 0 Å². The van der Waals surface area contributed by atoms with Gasteiger partial charge in [-0.15, -0.1) is 0 Å². The maximum Gasteiger partial charge on any atom is 0.136 e. The van der Waals surface area contributed by atoms with Crippen molar-refractivity contribution in [3.63, 3.8) is 0 Å². The van der Waals surface area contributed by atoms with Crippen molar-refractivity contribution in [3.8, 4) is 0 Å². The van der Waals surface area contributed by atoms with Gasteiger partial charge < -0.3 is 0 Å². The van der Waals surface area contributed by atoms with Crippen LogP contribution in [0.1, 0.15) is 52.9 Å². The van der Waals surface area contributed by atoms with Crippen molar-refractivity contribution in [2.45, 2.75) is 52.9 Å². The van der Waals surface area contributed by atoms with Gasteiger partial charge in [-0.3, -0.25) is 4.79 Å². The Bertz CT molecular complexity index is 400. The van der Waals surface area contributed by atoms with Crippen molar-refractivity contribution >= 4 is 5.78 Å². The molecule has 5 rings (SSSR count). The van der Waals surface area contributed by atoms with E-state index in [0.29, 0.717) is 27.9 Å². The number of hydrogen-bond donors (Lipinski definition) is 0. The van der Waals surface area contributed by atoms with Crippen LogP contribution >= 0.6 is 0 Å². The fourth-order valence-corrected chi connectivity index (χ4v) is 6.15. The van der Waals surface area contributed by atoms with Crippen molar-refractivity contribution in [3.05, 3.63) is 0 Å². The van der Waals surface area contributed by atoms with Gasteiger partial charge >= 0.3 is 0 Å². The Kier molecular flexibility index (Phi) is 1.38. The molecule has 0 saturated heterocycles. The molecule has 0 heterocycles. The van der Waals surface area contributed by atoms with E-state index in [1.165, 1.54) is 25.7 Å². The highest BCUT2D eigenvalue weighted by atomic mass is 16.1. The molecule has 1 nitrogen and oxygen atoms in total. The number of carbonyl (C=O) groups is 1. The first-order valence-corrected chi connectivity index (χ1v) is 6.96. The fraction of sp³-hybridized carbons (Fsp3) is 0.933. The molecule has 5 aliphatic carbocycles. The topological polar surface area (TPSA) is 17.1 Å². The van der Waals surface area contributed by atoms with Gasteiger partial charge in [0.1, 0.15) is 5.78 Å². The van der Waals surface area contributed by atoms with Gasteiger partial charge in [0.25, 0.3) is 0 Å². The van der Waals surface area contributed by atoms with Crippen LogP contribution in [0.15, 0.2) is 0 Å². The zero-order valence-corrected chi connectivity index (χ0v) is 10.7. The average molecular weight is 218 g/mol. The zero-order chi connectivity index (χ0) is 11.3. The molecule has 0 N–H and O–H groups in total. The van der Waals surface area contributed by atoms with Gasteiger partial charge in [0.15, 0.2) is 0 Å². The molecule has 5 fully saturated rings. The van der Waals surface area contributed by atoms with E-state index < -0.39 is 0 Å². The summed E-state index contributed by atoms with van der Waals surface area (Å²) in [5.74, 6) is 2.86. The number of ketones is 1. The number of rotatable bonds is 0. The second-order valence-corrected chi connectivity index (χ2v) is 7.69. The molecular formula is C15H22O. The highest BCUT2D eigenvalue weighted by Gasteiger charge is 2.79. The molecule has 0 aromatic carbocycles. The Morgan fingerprint density at radius 3 is 2.50 bits per heavy atom. The Morgan fingerprint density at radius 1 is 1.19 bits per heavy atom. The minimum absolute atomic E-state index is 0.326. The quantitative estimate of drug-likeness (QED) is 0.609. The highest BCUT2D eigenvalue weighted by molar-refractivity contribution is 5.83. The maximum atomic E-state index is 12.0. The summed E-state index contributed by atoms with van der Waals surface area (Å²) in [6.45, 7) is 7.15. The monoisotopic (exact) mass is 218 g/mol. The van der Waals surface area contributed by atoms with Gasteiger partial charge in [-0.05, 0) is 53.8 Å². The molecule has 1 spiro atoms. The van der Waals surface area contributed by atoms with E-state index in [4.69, 9.17) is 0 Å². The van der Waals surface area contributed by atoms with Crippen LogP contribution in [0.25, 0.3) is 0 Å². The summed E-state index contributed by atoms with van der Waals surface area (Å²) in [6.07, 6.45) is 6.29. The summed E-state index contributed by atoms with van der Waals surface area (Å²) in [6, 6.07) is 0. The molecule has 4 bridgehead atoms. The fourth-order valence-electron chi connectivity index (χ4n) is 6.15. The van der Waals surface area contributed by atoms with Crippen molar-refractivity contribution < 1.29 is 4.79 Å². The summed E-state index contributed by atoms with van der Waals surface area (Å²) in [5.41, 5.74) is 1.59. The van der Waals surface area contributed by atoms with Crippen molar-refractivity contribution in [1.82, 2.24) is 0 Å². The standard InChI is InChI=1S/C15H22O/c1-9-12(16)4-5-15-7-11-10(6-14(9,15)3)13(11,2)8-15/h9-11H,4-8H2,1-3H3/t9-,10?,11?,13-,14+,15+/m1/s1. The molecular weight excluding hydrogens is 196 g/mol. The minimum Gasteiger partial charge on any atom is -0.299 e. The summed E-state index contributed by atoms with van der Waals surface area (Å²) < 4.78 is 0. The van der Waals surface area contributed by atoms with Crippen LogP contribution in [-0.4, -0.2) is 5.78 Å². The molecule has 0 amide bonds. The van der Waals surface area contributed by atoms with Crippen LogP contribution in [0.4, 0.5) is 0 Å². The first-order valence-electron chi connectivity index (χ1n) is 6.96. The summed E-state index contributed by atoms with van der Waals surface area (Å²) in [5, 5.41) is 0. The molecule has 1 heteroatoms. The van der Waals surface area contributed by atoms with Crippen LogP contribution in [0.3, 0.4) is 0 Å². The summed E-state index contributed by atoms with van der Waals surface area (Å²) in [7, 11) is 0. The van der Waals surface area contributed by atoms with Gasteiger partial charge in [-0.25, -0.2) is 0 Å². The largest absolute Gasteiger partial charge is 0.299 e. The third-order valence-electron chi connectivity index (χ3n) is 7.54. The molecule has 0 aromatic rings. The number of Topliss-reactive ketones (excluding diaryl/α,β-unsaturated/α-hetero) is 1. The summed E-state index contributed by atoms with van der Waals surface area (Å²) in [4.78, 5) is 12.0. The molecule has 0 radical (unpaired) electrons. The van der Waals surface area contributed by atoms with Crippen LogP contribution in [-0.2, 0) is 4.79 Å². The van der Waals surface area contributed by atoms with Gasteiger partial charge in [-0.2, -0.15) is 0 Å². The Labute approximate surface area is 98.0 Å². The summed E-state index contributed by atoms with van der Waals surface area (Å²) >= 11 is 0. The lowest BCUT2D eigenvalue weighted by Gasteiger charge is -2.59. The second-order valence-electron chi connectivity index (χ2n) is 7.69. The molecule has 0 aromatic heterocycles. The second kappa shape index (κ2) is 2.28. The molecule has 6 atom stereocenters. The molecule has 16 heavy (non-hydrogen) atoms. The van der Waals surface area contributed by atoms with E-state index in [9.17, 15) is 4.79 Å². The first-order chi connectivity index (χ1) is 7.43. The minimum atomic E-state index is 0.326. The Balaban J connectivity index is 1.82. The third-order valence-corrected chi connectivity index (χ3v) is 7.54. The Hall–Kier alpha value is -0.330. The molecule has 5 saturated carbocycles. The van der Waals surface area contributed by atoms with Crippen LogP contribution in [0.2, 0.25) is 0 Å².